The summed E-state index contributed by atoms with van der Waals surface area (Å²) in [5, 5.41) is 12.5. The lowest BCUT2D eigenvalue weighted by Gasteiger charge is -2.32. The Morgan fingerprint density at radius 2 is 2.22 bits per heavy atom. The Kier molecular flexibility index (Phi) is 5.05. The number of carboxylic acid groups (broad SMARTS) is 1. The van der Waals surface area contributed by atoms with Crippen molar-refractivity contribution in [3.05, 3.63) is 0 Å². The van der Waals surface area contributed by atoms with Crippen molar-refractivity contribution in [1.82, 2.24) is 10.2 Å². The van der Waals surface area contributed by atoms with Crippen molar-refractivity contribution in [2.75, 3.05) is 30.3 Å². The highest BCUT2D eigenvalue weighted by molar-refractivity contribution is 8.00. The Morgan fingerprint density at radius 1 is 1.39 bits per heavy atom. The third-order valence-corrected chi connectivity index (χ3v) is 5.60. The van der Waals surface area contributed by atoms with Gasteiger partial charge in [-0.05, 0) is 18.6 Å². The van der Waals surface area contributed by atoms with E-state index in [0.29, 0.717) is 24.1 Å². The highest BCUT2D eigenvalue weighted by Gasteiger charge is 2.32. The summed E-state index contributed by atoms with van der Waals surface area (Å²) in [5.74, 6) is 1.56. The zero-order valence-electron chi connectivity index (χ0n) is 10.1. The van der Waals surface area contributed by atoms with Crippen LogP contribution in [0.25, 0.3) is 0 Å². The molecule has 7 heteroatoms. The van der Waals surface area contributed by atoms with Gasteiger partial charge >= 0.3 is 12.0 Å². The van der Waals surface area contributed by atoms with Crippen LogP contribution in [-0.2, 0) is 4.79 Å². The highest BCUT2D eigenvalue weighted by Crippen LogP contribution is 2.25. The second-order valence-electron chi connectivity index (χ2n) is 4.44. The van der Waals surface area contributed by atoms with E-state index in [4.69, 9.17) is 5.11 Å². The first-order chi connectivity index (χ1) is 8.68. The standard InChI is InChI=1S/C11H18N2O3S2/c14-10(15)9-7-17-5-3-13(9)11(16)12-6-8-2-1-4-18-8/h8-9H,1-7H2,(H,12,16)(H,14,15). The third-order valence-electron chi connectivity index (χ3n) is 3.18. The van der Waals surface area contributed by atoms with Crippen LogP contribution in [0, 0.1) is 0 Å². The molecule has 0 aromatic heterocycles. The Bertz CT molecular complexity index is 321. The lowest BCUT2D eigenvalue weighted by atomic mass is 10.2. The second-order valence-corrected chi connectivity index (χ2v) is 7.00. The molecule has 2 aliphatic rings. The average molecular weight is 290 g/mol. The van der Waals surface area contributed by atoms with Gasteiger partial charge in [0, 0.05) is 29.8 Å². The van der Waals surface area contributed by atoms with E-state index < -0.39 is 12.0 Å². The summed E-state index contributed by atoms with van der Waals surface area (Å²) >= 11 is 3.47. The smallest absolute Gasteiger partial charge is 0.327 e. The molecule has 0 saturated carbocycles. The molecule has 0 aliphatic carbocycles. The number of carbonyl (C=O) groups excluding carboxylic acids is 1. The highest BCUT2D eigenvalue weighted by atomic mass is 32.2. The minimum Gasteiger partial charge on any atom is -0.480 e. The number of carboxylic acids is 1. The fraction of sp³-hybridized carbons (Fsp3) is 0.818. The number of hydrogen-bond donors (Lipinski definition) is 2. The minimum atomic E-state index is -0.910. The van der Waals surface area contributed by atoms with Crippen molar-refractivity contribution < 1.29 is 14.7 Å². The van der Waals surface area contributed by atoms with Gasteiger partial charge in [-0.15, -0.1) is 0 Å². The molecule has 2 rings (SSSR count). The number of nitrogens with one attached hydrogen (secondary N) is 1. The molecule has 0 bridgehead atoms. The first-order valence-electron chi connectivity index (χ1n) is 6.15. The molecule has 0 spiro atoms. The van der Waals surface area contributed by atoms with Crippen LogP contribution in [-0.4, -0.2) is 63.6 Å². The average Bonchev–Trinajstić information content (AvgIpc) is 2.89. The van der Waals surface area contributed by atoms with E-state index in [1.807, 2.05) is 11.8 Å². The summed E-state index contributed by atoms with van der Waals surface area (Å²) in [7, 11) is 0. The molecule has 2 unspecified atom stereocenters. The summed E-state index contributed by atoms with van der Waals surface area (Å²) in [4.78, 5) is 24.6. The molecule has 2 heterocycles. The van der Waals surface area contributed by atoms with Gasteiger partial charge in [-0.3, -0.25) is 0 Å². The van der Waals surface area contributed by atoms with Crippen LogP contribution < -0.4 is 5.32 Å². The molecule has 2 saturated heterocycles. The van der Waals surface area contributed by atoms with Crippen LogP contribution in [0.3, 0.4) is 0 Å². The summed E-state index contributed by atoms with van der Waals surface area (Å²) in [5.41, 5.74) is 0. The van der Waals surface area contributed by atoms with Crippen LogP contribution in [0.5, 0.6) is 0 Å². The predicted molar refractivity (Wildman–Crippen MR) is 74.3 cm³/mol. The van der Waals surface area contributed by atoms with Crippen molar-refractivity contribution in [1.29, 1.82) is 0 Å². The van der Waals surface area contributed by atoms with Gasteiger partial charge in [0.1, 0.15) is 6.04 Å². The molecule has 2 fully saturated rings. The number of rotatable bonds is 3. The maximum absolute atomic E-state index is 12.0. The van der Waals surface area contributed by atoms with Gasteiger partial charge in [-0.2, -0.15) is 23.5 Å². The largest absolute Gasteiger partial charge is 0.480 e. The summed E-state index contributed by atoms with van der Waals surface area (Å²) in [6.45, 7) is 1.17. The molecular formula is C11H18N2O3S2. The fourth-order valence-corrected chi connectivity index (χ4v) is 4.40. The van der Waals surface area contributed by atoms with E-state index in [-0.39, 0.29) is 6.03 Å². The van der Waals surface area contributed by atoms with E-state index in [0.717, 1.165) is 12.2 Å². The zero-order chi connectivity index (χ0) is 13.0. The van der Waals surface area contributed by atoms with Crippen LogP contribution in [0.4, 0.5) is 4.79 Å². The van der Waals surface area contributed by atoms with E-state index in [1.165, 1.54) is 17.1 Å². The number of aliphatic carboxylic acids is 1. The van der Waals surface area contributed by atoms with Crippen LogP contribution in [0.1, 0.15) is 12.8 Å². The molecule has 5 nitrogen and oxygen atoms in total. The maximum Gasteiger partial charge on any atom is 0.327 e. The van der Waals surface area contributed by atoms with Gasteiger partial charge in [-0.1, -0.05) is 0 Å². The van der Waals surface area contributed by atoms with Gasteiger partial charge < -0.3 is 15.3 Å². The Labute approximate surface area is 115 Å². The lowest BCUT2D eigenvalue weighted by Crippen LogP contribution is -2.54. The second kappa shape index (κ2) is 6.56. The Balaban J connectivity index is 1.83. The van der Waals surface area contributed by atoms with Crippen molar-refractivity contribution >= 4 is 35.5 Å². The lowest BCUT2D eigenvalue weighted by molar-refractivity contribution is -0.141. The topological polar surface area (TPSA) is 69.6 Å². The normalized spacial score (nSPS) is 28.1. The molecule has 2 aliphatic heterocycles. The monoisotopic (exact) mass is 290 g/mol. The van der Waals surface area contributed by atoms with E-state index in [2.05, 4.69) is 5.32 Å². The molecule has 2 atom stereocenters. The van der Waals surface area contributed by atoms with Crippen LogP contribution in [0.2, 0.25) is 0 Å². The van der Waals surface area contributed by atoms with Crippen LogP contribution in [0.15, 0.2) is 0 Å². The number of urea groups is 1. The SMILES string of the molecule is O=C(O)C1CSCCN1C(=O)NCC1CCCS1. The molecule has 2 amide bonds. The molecular weight excluding hydrogens is 272 g/mol. The Morgan fingerprint density at radius 3 is 2.89 bits per heavy atom. The van der Waals surface area contributed by atoms with E-state index >= 15 is 0 Å². The van der Waals surface area contributed by atoms with Gasteiger partial charge in [-0.25, -0.2) is 9.59 Å². The fourth-order valence-electron chi connectivity index (χ4n) is 2.16. The summed E-state index contributed by atoms with van der Waals surface area (Å²) < 4.78 is 0. The number of amides is 2. The molecule has 0 aromatic carbocycles. The Hall–Kier alpha value is -0.560. The van der Waals surface area contributed by atoms with Gasteiger partial charge in [0.2, 0.25) is 0 Å². The number of thioether (sulfide) groups is 2. The van der Waals surface area contributed by atoms with Crippen LogP contribution >= 0.6 is 23.5 Å². The van der Waals surface area contributed by atoms with Gasteiger partial charge in [0.05, 0.1) is 0 Å². The molecule has 102 valence electrons. The summed E-state index contributed by atoms with van der Waals surface area (Å²) in [6, 6.07) is -0.907. The van der Waals surface area contributed by atoms with Crippen molar-refractivity contribution in [3.8, 4) is 0 Å². The molecule has 0 radical (unpaired) electrons. The molecule has 2 N–H and O–H groups in total. The van der Waals surface area contributed by atoms with Gasteiger partial charge in [0.15, 0.2) is 0 Å². The van der Waals surface area contributed by atoms with Crippen molar-refractivity contribution in [2.24, 2.45) is 0 Å². The molecule has 18 heavy (non-hydrogen) atoms. The number of hydrogen-bond acceptors (Lipinski definition) is 4. The first kappa shape index (κ1) is 13.9. The third kappa shape index (κ3) is 3.47. The molecule has 0 aromatic rings. The minimum absolute atomic E-state index is 0.227. The summed E-state index contributed by atoms with van der Waals surface area (Å²) in [6.07, 6.45) is 2.35. The quantitative estimate of drug-likeness (QED) is 0.814. The first-order valence-corrected chi connectivity index (χ1v) is 8.35. The van der Waals surface area contributed by atoms with Gasteiger partial charge in [0.25, 0.3) is 0 Å². The number of nitrogens with zero attached hydrogens (tertiary/aromatic N) is 1. The zero-order valence-corrected chi connectivity index (χ0v) is 11.8. The van der Waals surface area contributed by atoms with E-state index in [1.54, 1.807) is 11.8 Å². The van der Waals surface area contributed by atoms with Crippen molar-refractivity contribution in [2.45, 2.75) is 24.1 Å². The van der Waals surface area contributed by atoms with Crippen molar-refractivity contribution in [3.63, 3.8) is 0 Å². The van der Waals surface area contributed by atoms with E-state index in [9.17, 15) is 9.59 Å². The maximum atomic E-state index is 12.0. The number of carbonyl (C=O) groups is 2. The predicted octanol–water partition coefficient (Wildman–Crippen LogP) is 1.09.